The number of ether oxygens (including phenoxy) is 2. The van der Waals surface area contributed by atoms with Crippen molar-refractivity contribution in [2.45, 2.75) is 76.4 Å². The van der Waals surface area contributed by atoms with E-state index < -0.39 is 79.0 Å². The summed E-state index contributed by atoms with van der Waals surface area (Å²) in [5.74, 6) is -3.58. The second-order valence-electron chi connectivity index (χ2n) is 7.84. The van der Waals surface area contributed by atoms with E-state index in [1.807, 2.05) is 0 Å². The molecule has 1 rings (SSSR count). The highest BCUT2D eigenvalue weighted by Gasteiger charge is 2.43. The van der Waals surface area contributed by atoms with Gasteiger partial charge in [0, 0.05) is 19.4 Å². The summed E-state index contributed by atoms with van der Waals surface area (Å²) >= 11 is 0. The van der Waals surface area contributed by atoms with Crippen LogP contribution in [0.15, 0.2) is 0 Å². The van der Waals surface area contributed by atoms with Crippen LogP contribution in [-0.2, 0) is 28.7 Å². The summed E-state index contributed by atoms with van der Waals surface area (Å²) in [6.07, 6.45) is -7.32. The second-order valence-corrected chi connectivity index (χ2v) is 7.84. The predicted molar refractivity (Wildman–Crippen MR) is 108 cm³/mol. The molecule has 1 heterocycles. The fourth-order valence-electron chi connectivity index (χ4n) is 2.85. The molecule has 1 aliphatic rings. The van der Waals surface area contributed by atoms with Gasteiger partial charge in [-0.05, 0) is 13.3 Å². The third kappa shape index (κ3) is 7.98. The zero-order valence-electron chi connectivity index (χ0n) is 18.5. The number of nitrogens with one attached hydrogen (secondary N) is 3. The molecule has 32 heavy (non-hydrogen) atoms. The average molecular weight is 463 g/mol. The number of carboxylic acid groups (broad SMARTS) is 1. The summed E-state index contributed by atoms with van der Waals surface area (Å²) in [6.45, 7) is 4.15. The van der Waals surface area contributed by atoms with Gasteiger partial charge < -0.3 is 45.9 Å². The van der Waals surface area contributed by atoms with E-state index in [4.69, 9.17) is 14.6 Å². The van der Waals surface area contributed by atoms with Crippen molar-refractivity contribution in [3.63, 3.8) is 0 Å². The number of likely N-dealkylation sites (N-methyl/N-ethyl adjacent to an activating group) is 1. The van der Waals surface area contributed by atoms with Crippen LogP contribution >= 0.6 is 0 Å². The highest BCUT2D eigenvalue weighted by atomic mass is 16.7. The summed E-state index contributed by atoms with van der Waals surface area (Å²) in [5, 5.41) is 45.7. The van der Waals surface area contributed by atoms with Crippen LogP contribution in [0.1, 0.15) is 33.6 Å². The Morgan fingerprint density at radius 1 is 0.938 bits per heavy atom. The molecule has 0 aliphatic carbocycles. The van der Waals surface area contributed by atoms with E-state index in [9.17, 15) is 34.5 Å². The Morgan fingerprint density at radius 3 is 2.06 bits per heavy atom. The lowest BCUT2D eigenvalue weighted by molar-refractivity contribution is -0.293. The van der Waals surface area contributed by atoms with Gasteiger partial charge in [-0.25, -0.2) is 0 Å². The minimum Gasteiger partial charge on any atom is -0.481 e. The van der Waals surface area contributed by atoms with Crippen molar-refractivity contribution >= 4 is 23.7 Å². The zero-order valence-corrected chi connectivity index (χ0v) is 18.5. The van der Waals surface area contributed by atoms with Crippen molar-refractivity contribution in [1.82, 2.24) is 16.0 Å². The number of rotatable bonds is 11. The standard InChI is InChI=1S/C19H33N3O10/c1-8(2)16(28)22-11(7-31-19-15(27)14(26)13(25)9(3)32-19)18(30)21-10(17(29)20-4)5-6-12(23)24/h8-11,13-15,19,25-27H,5-7H2,1-4H3,(H,20,29)(H,21,30)(H,22,28)(H,23,24). The van der Waals surface area contributed by atoms with Crippen molar-refractivity contribution in [3.8, 4) is 0 Å². The van der Waals surface area contributed by atoms with E-state index in [2.05, 4.69) is 16.0 Å². The Morgan fingerprint density at radius 2 is 1.53 bits per heavy atom. The highest BCUT2D eigenvalue weighted by molar-refractivity contribution is 5.92. The summed E-state index contributed by atoms with van der Waals surface area (Å²) in [6, 6.07) is -2.49. The topological polar surface area (TPSA) is 204 Å². The number of carbonyl (C=O) groups is 4. The first kappa shape index (κ1) is 27.7. The minimum atomic E-state index is -1.61. The summed E-state index contributed by atoms with van der Waals surface area (Å²) in [7, 11) is 1.33. The van der Waals surface area contributed by atoms with E-state index in [1.54, 1.807) is 13.8 Å². The molecule has 0 radical (unpaired) electrons. The van der Waals surface area contributed by atoms with Crippen LogP contribution in [0.25, 0.3) is 0 Å². The van der Waals surface area contributed by atoms with Crippen LogP contribution in [0.5, 0.6) is 0 Å². The molecular weight excluding hydrogens is 430 g/mol. The lowest BCUT2D eigenvalue weighted by atomic mass is 10.00. The molecule has 0 bridgehead atoms. The summed E-state index contributed by atoms with van der Waals surface area (Å²) in [5.41, 5.74) is 0. The number of hydrogen-bond donors (Lipinski definition) is 7. The van der Waals surface area contributed by atoms with Gasteiger partial charge in [-0.2, -0.15) is 0 Å². The number of carbonyl (C=O) groups excluding carboxylic acids is 3. The molecule has 0 spiro atoms. The van der Waals surface area contributed by atoms with E-state index >= 15 is 0 Å². The van der Waals surface area contributed by atoms with E-state index in [0.717, 1.165) is 0 Å². The Bertz CT molecular complexity index is 674. The number of hydrogen-bond acceptors (Lipinski definition) is 9. The monoisotopic (exact) mass is 463 g/mol. The number of aliphatic hydroxyl groups is 3. The first-order chi connectivity index (χ1) is 14.9. The van der Waals surface area contributed by atoms with Gasteiger partial charge in [-0.3, -0.25) is 19.2 Å². The number of amides is 3. The molecule has 7 unspecified atom stereocenters. The Labute approximate surface area is 185 Å². The molecule has 0 aromatic carbocycles. The minimum absolute atomic E-state index is 0.182. The third-order valence-corrected chi connectivity index (χ3v) is 4.92. The van der Waals surface area contributed by atoms with Crippen molar-refractivity contribution in [2.24, 2.45) is 5.92 Å². The van der Waals surface area contributed by atoms with Crippen LogP contribution in [0.3, 0.4) is 0 Å². The van der Waals surface area contributed by atoms with E-state index in [0.29, 0.717) is 0 Å². The van der Waals surface area contributed by atoms with Gasteiger partial charge >= 0.3 is 5.97 Å². The molecular formula is C19H33N3O10. The van der Waals surface area contributed by atoms with Crippen molar-refractivity contribution in [2.75, 3.05) is 13.7 Å². The lowest BCUT2D eigenvalue weighted by Gasteiger charge is -2.39. The molecule has 0 aromatic heterocycles. The maximum atomic E-state index is 12.8. The van der Waals surface area contributed by atoms with E-state index in [-0.39, 0.29) is 12.8 Å². The van der Waals surface area contributed by atoms with Gasteiger partial charge in [-0.1, -0.05) is 13.8 Å². The van der Waals surface area contributed by atoms with Crippen molar-refractivity contribution < 1.29 is 49.1 Å². The largest absolute Gasteiger partial charge is 0.481 e. The predicted octanol–water partition coefficient (Wildman–Crippen LogP) is -2.93. The molecule has 184 valence electrons. The molecule has 13 heteroatoms. The maximum Gasteiger partial charge on any atom is 0.303 e. The fourth-order valence-corrected chi connectivity index (χ4v) is 2.85. The molecule has 7 N–H and O–H groups in total. The molecule has 0 saturated carbocycles. The SMILES string of the molecule is CNC(=O)C(CCC(=O)O)NC(=O)C(COC1OC(C)C(O)C(O)C1O)NC(=O)C(C)C. The first-order valence-corrected chi connectivity index (χ1v) is 10.2. The molecule has 1 aliphatic heterocycles. The van der Waals surface area contributed by atoms with Crippen LogP contribution in [0.2, 0.25) is 0 Å². The molecule has 1 saturated heterocycles. The maximum absolute atomic E-state index is 12.8. The van der Waals surface area contributed by atoms with Gasteiger partial charge in [0.25, 0.3) is 0 Å². The Hall–Kier alpha value is -2.32. The third-order valence-electron chi connectivity index (χ3n) is 4.92. The zero-order chi connectivity index (χ0) is 24.6. The van der Waals surface area contributed by atoms with Gasteiger partial charge in [0.2, 0.25) is 17.7 Å². The summed E-state index contributed by atoms with van der Waals surface area (Å²) < 4.78 is 10.7. The number of aliphatic hydroxyl groups excluding tert-OH is 3. The first-order valence-electron chi connectivity index (χ1n) is 10.2. The lowest BCUT2D eigenvalue weighted by Crippen LogP contribution is -2.59. The van der Waals surface area contributed by atoms with Crippen molar-refractivity contribution in [3.05, 3.63) is 0 Å². The molecule has 0 aromatic rings. The number of carboxylic acids is 1. The van der Waals surface area contributed by atoms with Gasteiger partial charge in [0.05, 0.1) is 12.7 Å². The normalized spacial score (nSPS) is 27.3. The summed E-state index contributed by atoms with van der Waals surface area (Å²) in [4.78, 5) is 47.8. The molecule has 7 atom stereocenters. The quantitative estimate of drug-likeness (QED) is 0.166. The van der Waals surface area contributed by atoms with Crippen LogP contribution in [-0.4, -0.2) is 101 Å². The Balaban J connectivity index is 2.92. The molecule has 1 fully saturated rings. The van der Waals surface area contributed by atoms with Crippen LogP contribution in [0, 0.1) is 5.92 Å². The Kier molecular flexibility index (Phi) is 11.0. The van der Waals surface area contributed by atoms with Gasteiger partial charge in [-0.15, -0.1) is 0 Å². The smallest absolute Gasteiger partial charge is 0.303 e. The van der Waals surface area contributed by atoms with Crippen LogP contribution in [0.4, 0.5) is 0 Å². The van der Waals surface area contributed by atoms with Gasteiger partial charge in [0.1, 0.15) is 30.4 Å². The van der Waals surface area contributed by atoms with Crippen LogP contribution < -0.4 is 16.0 Å². The number of aliphatic carboxylic acids is 1. The van der Waals surface area contributed by atoms with Gasteiger partial charge in [0.15, 0.2) is 6.29 Å². The fraction of sp³-hybridized carbons (Fsp3) is 0.789. The van der Waals surface area contributed by atoms with E-state index in [1.165, 1.54) is 14.0 Å². The second kappa shape index (κ2) is 12.6. The van der Waals surface area contributed by atoms with Crippen molar-refractivity contribution in [1.29, 1.82) is 0 Å². The molecule has 3 amide bonds. The highest BCUT2D eigenvalue weighted by Crippen LogP contribution is 2.21. The average Bonchev–Trinajstić information content (AvgIpc) is 2.74. The molecule has 13 nitrogen and oxygen atoms in total.